The van der Waals surface area contributed by atoms with Crippen LogP contribution in [0.25, 0.3) is 10.9 Å². The molecule has 2 atom stereocenters. The van der Waals surface area contributed by atoms with Gasteiger partial charge in [0.1, 0.15) is 18.1 Å². The van der Waals surface area contributed by atoms with Gasteiger partial charge in [-0.15, -0.1) is 0 Å². The number of likely N-dealkylation sites (tertiary alicyclic amines) is 1. The van der Waals surface area contributed by atoms with Crippen molar-refractivity contribution in [2.24, 2.45) is 0 Å². The van der Waals surface area contributed by atoms with E-state index in [0.717, 1.165) is 61.4 Å². The Labute approximate surface area is 248 Å². The number of nitrogens with zero attached hydrogens (tertiary/aromatic N) is 3. The van der Waals surface area contributed by atoms with Crippen molar-refractivity contribution in [1.29, 1.82) is 0 Å². The maximum absolute atomic E-state index is 13.6. The zero-order valence-corrected chi connectivity index (χ0v) is 24.9. The van der Waals surface area contributed by atoms with Crippen molar-refractivity contribution in [1.82, 2.24) is 19.9 Å². The normalized spacial score (nSPS) is 20.2. The molecule has 3 heterocycles. The largest absolute Gasteiger partial charge is 0.500 e. The Morgan fingerprint density at radius 3 is 2.69 bits per heavy atom. The summed E-state index contributed by atoms with van der Waals surface area (Å²) in [5.41, 5.74) is 1.72. The van der Waals surface area contributed by atoms with E-state index in [4.69, 9.17) is 9.26 Å². The molecule has 3 aromatic rings. The predicted octanol–water partition coefficient (Wildman–Crippen LogP) is 5.77. The van der Waals surface area contributed by atoms with Crippen LogP contribution in [0.4, 0.5) is 24.7 Å². The van der Waals surface area contributed by atoms with Gasteiger partial charge in [0.25, 0.3) is 0 Å². The van der Waals surface area contributed by atoms with Crippen molar-refractivity contribution < 1.29 is 22.4 Å². The van der Waals surface area contributed by atoms with E-state index in [9.17, 15) is 13.2 Å². The van der Waals surface area contributed by atoms with Crippen LogP contribution in [0.15, 0.2) is 46.7 Å². The Morgan fingerprint density at radius 1 is 1.17 bits per heavy atom. The number of alkyl halides is 3. The van der Waals surface area contributed by atoms with E-state index in [1.807, 2.05) is 19.1 Å². The third kappa shape index (κ3) is 7.76. The van der Waals surface area contributed by atoms with Gasteiger partial charge in [-0.3, -0.25) is 5.32 Å². The second kappa shape index (κ2) is 13.4. The summed E-state index contributed by atoms with van der Waals surface area (Å²) in [7, 11) is 3.74. The van der Waals surface area contributed by atoms with Gasteiger partial charge in [0.05, 0.1) is 30.9 Å². The molecule has 2 aliphatic rings. The lowest BCUT2D eigenvalue weighted by Crippen LogP contribution is -2.36. The fourth-order valence-corrected chi connectivity index (χ4v) is 6.28. The number of piperidine rings is 1. The van der Waals surface area contributed by atoms with Crippen LogP contribution in [0, 0.1) is 18.8 Å². The topological polar surface area (TPSA) is 79.5 Å². The van der Waals surface area contributed by atoms with Crippen LogP contribution in [0.3, 0.4) is 0 Å². The highest BCUT2D eigenvalue weighted by Gasteiger charge is 2.30. The van der Waals surface area contributed by atoms with Crippen molar-refractivity contribution >= 4 is 34.4 Å². The van der Waals surface area contributed by atoms with Gasteiger partial charge in [-0.05, 0) is 94.9 Å². The van der Waals surface area contributed by atoms with Crippen LogP contribution in [-0.4, -0.2) is 71.9 Å². The second-order valence-corrected chi connectivity index (χ2v) is 11.9. The van der Waals surface area contributed by atoms with Gasteiger partial charge in [-0.2, -0.15) is 13.2 Å². The number of ether oxygens (including phenoxy) is 1. The summed E-state index contributed by atoms with van der Waals surface area (Å²) >= 11 is 1.54. The highest BCUT2D eigenvalue weighted by molar-refractivity contribution is 8.01. The van der Waals surface area contributed by atoms with E-state index in [2.05, 4.69) is 50.4 Å². The summed E-state index contributed by atoms with van der Waals surface area (Å²) in [4.78, 5) is 2.29. The Balaban J connectivity index is 1.27. The highest BCUT2D eigenvalue weighted by atomic mass is 32.2. The van der Waals surface area contributed by atoms with E-state index in [-0.39, 0.29) is 17.3 Å². The number of aryl methyl sites for hydroxylation is 1. The number of hydrogen-bond acceptors (Lipinski definition) is 8. The van der Waals surface area contributed by atoms with E-state index in [1.165, 1.54) is 4.57 Å². The minimum absolute atomic E-state index is 0.0261. The summed E-state index contributed by atoms with van der Waals surface area (Å²) in [6.07, 6.45) is 1.42. The first kappa shape index (κ1) is 30.2. The van der Waals surface area contributed by atoms with Gasteiger partial charge < -0.3 is 28.8 Å². The number of halogens is 3. The number of aromatic nitrogens is 2. The van der Waals surface area contributed by atoms with E-state index < -0.39 is 12.7 Å². The van der Waals surface area contributed by atoms with Crippen molar-refractivity contribution in [2.45, 2.75) is 62.7 Å². The molecular formula is C30H37F3N6O2S. The minimum atomic E-state index is -4.37. The lowest BCUT2D eigenvalue weighted by molar-refractivity contribution is -0.140. The van der Waals surface area contributed by atoms with Crippen LogP contribution >= 0.6 is 11.9 Å². The number of methoxy groups -OCH3 is 1. The average molecular weight is 603 g/mol. The number of hydrogen-bond donors (Lipinski definition) is 3. The molecule has 2 aromatic heterocycles. The number of benzene rings is 1. The van der Waals surface area contributed by atoms with Gasteiger partial charge in [0.15, 0.2) is 5.82 Å². The Morgan fingerprint density at radius 2 is 1.98 bits per heavy atom. The van der Waals surface area contributed by atoms with Crippen LogP contribution in [0.1, 0.15) is 37.1 Å². The van der Waals surface area contributed by atoms with Crippen molar-refractivity contribution in [2.75, 3.05) is 43.8 Å². The molecule has 0 amide bonds. The smallest absolute Gasteiger partial charge is 0.406 e. The Hall–Kier alpha value is -3.27. The molecule has 1 aliphatic heterocycles. The SMILES string of the molecule is COC1=CC(SNc2cc(C)on2)CCC1NCC#Cc1cc2c(NC3CCN(C)CC3)cccc2n1CC(F)(F)F. The molecule has 1 aliphatic carbocycles. The molecule has 2 unspecified atom stereocenters. The molecule has 42 heavy (non-hydrogen) atoms. The number of nitrogens with one attached hydrogen (secondary N) is 3. The Kier molecular flexibility index (Phi) is 9.60. The van der Waals surface area contributed by atoms with Gasteiger partial charge in [0, 0.05) is 28.4 Å². The minimum Gasteiger partial charge on any atom is -0.500 e. The average Bonchev–Trinajstić information content (AvgIpc) is 3.54. The third-order valence-electron chi connectivity index (χ3n) is 7.63. The van der Waals surface area contributed by atoms with Gasteiger partial charge in [-0.1, -0.05) is 17.1 Å². The molecular weight excluding hydrogens is 565 g/mol. The quantitative estimate of drug-likeness (QED) is 0.211. The second-order valence-electron chi connectivity index (χ2n) is 10.9. The van der Waals surface area contributed by atoms with Crippen LogP contribution in [0.2, 0.25) is 0 Å². The molecule has 226 valence electrons. The van der Waals surface area contributed by atoms with Crippen molar-refractivity contribution in [3.8, 4) is 11.8 Å². The molecule has 0 bridgehead atoms. The summed E-state index contributed by atoms with van der Waals surface area (Å²) in [5.74, 6) is 8.29. The molecule has 3 N–H and O–H groups in total. The lowest BCUT2D eigenvalue weighted by Gasteiger charge is -2.30. The molecule has 8 nitrogen and oxygen atoms in total. The molecule has 0 spiro atoms. The first-order valence-corrected chi connectivity index (χ1v) is 15.0. The van der Waals surface area contributed by atoms with Gasteiger partial charge in [-0.25, -0.2) is 0 Å². The monoisotopic (exact) mass is 602 g/mol. The summed E-state index contributed by atoms with van der Waals surface area (Å²) in [5, 5.41) is 11.9. The highest BCUT2D eigenvalue weighted by Crippen LogP contribution is 2.32. The number of fused-ring (bicyclic) bond motifs is 1. The molecule has 1 saturated heterocycles. The summed E-state index contributed by atoms with van der Waals surface area (Å²) < 4.78 is 56.0. The van der Waals surface area contributed by atoms with E-state index in [1.54, 1.807) is 37.3 Å². The third-order valence-corrected chi connectivity index (χ3v) is 8.63. The zero-order valence-electron chi connectivity index (χ0n) is 24.1. The van der Waals surface area contributed by atoms with Gasteiger partial charge >= 0.3 is 6.18 Å². The van der Waals surface area contributed by atoms with E-state index in [0.29, 0.717) is 23.6 Å². The van der Waals surface area contributed by atoms with Gasteiger partial charge in [0.2, 0.25) is 0 Å². The lowest BCUT2D eigenvalue weighted by atomic mass is 10.0. The van der Waals surface area contributed by atoms with E-state index >= 15 is 0 Å². The van der Waals surface area contributed by atoms with Crippen LogP contribution < -0.4 is 15.4 Å². The van der Waals surface area contributed by atoms with Crippen molar-refractivity contribution in [3.63, 3.8) is 0 Å². The standard InChI is InChI=1S/C30H37F3N6O2S/c1-20-16-29(36-41-20)37-42-23-9-10-26(28(18-23)40-3)34-13-5-6-22-17-24-25(35-21-11-14-38(2)15-12-21)7-4-8-27(24)39(22)19-30(31,32)33/h4,7-8,16-18,21,23,26,34-35H,9-15,19H2,1-3H3,(H,36,37). The number of rotatable bonds is 9. The zero-order chi connectivity index (χ0) is 29.7. The molecule has 1 fully saturated rings. The van der Waals surface area contributed by atoms with Crippen molar-refractivity contribution in [3.05, 3.63) is 53.6 Å². The molecule has 0 saturated carbocycles. The molecule has 0 radical (unpaired) electrons. The Bertz CT molecular complexity index is 1450. The predicted molar refractivity (Wildman–Crippen MR) is 161 cm³/mol. The van der Waals surface area contributed by atoms with Crippen LogP contribution in [-0.2, 0) is 11.3 Å². The maximum Gasteiger partial charge on any atom is 0.406 e. The maximum atomic E-state index is 13.6. The summed E-state index contributed by atoms with van der Waals surface area (Å²) in [6, 6.07) is 9.35. The molecule has 5 rings (SSSR count). The molecule has 1 aromatic carbocycles. The summed E-state index contributed by atoms with van der Waals surface area (Å²) in [6.45, 7) is 3.05. The fraction of sp³-hybridized carbons (Fsp3) is 0.500. The number of anilines is 2. The first-order valence-electron chi connectivity index (χ1n) is 14.2. The first-order chi connectivity index (χ1) is 20.2. The van der Waals surface area contributed by atoms with Crippen LogP contribution in [0.5, 0.6) is 0 Å². The fourth-order valence-electron chi connectivity index (χ4n) is 5.46. The molecule has 12 heteroatoms.